The first-order chi connectivity index (χ1) is 11.0. The van der Waals surface area contributed by atoms with Gasteiger partial charge in [0.05, 0.1) is 12.1 Å². The summed E-state index contributed by atoms with van der Waals surface area (Å²) in [6.07, 6.45) is 0.160. The number of carbonyl (C=O) groups excluding carboxylic acids is 2. The molecule has 0 bridgehead atoms. The number of amides is 2. The summed E-state index contributed by atoms with van der Waals surface area (Å²) in [7, 11) is 0. The maximum atomic E-state index is 12.6. The van der Waals surface area contributed by atoms with Crippen molar-refractivity contribution in [2.45, 2.75) is 26.3 Å². The van der Waals surface area contributed by atoms with Crippen molar-refractivity contribution in [2.24, 2.45) is 0 Å². The summed E-state index contributed by atoms with van der Waals surface area (Å²) >= 11 is 3.40. The van der Waals surface area contributed by atoms with Gasteiger partial charge in [0.25, 0.3) is 5.91 Å². The summed E-state index contributed by atoms with van der Waals surface area (Å²) in [6.45, 7) is 4.06. The van der Waals surface area contributed by atoms with Crippen molar-refractivity contribution >= 4 is 39.1 Å². The smallest absolute Gasteiger partial charge is 0.256 e. The van der Waals surface area contributed by atoms with Crippen molar-refractivity contribution in [1.29, 1.82) is 0 Å². The highest BCUT2D eigenvalue weighted by molar-refractivity contribution is 9.10. The monoisotopic (exact) mass is 372 g/mol. The second kappa shape index (κ2) is 6.16. The van der Waals surface area contributed by atoms with E-state index in [9.17, 15) is 9.59 Å². The standard InChI is InChI=1S/C18H17BrN2O2/c1-11-7-8-13(9-12(11)2)20-15-10-17(22)21(18(15)23)16-6-4-3-5-14(16)19/h3-9,15,20H,10H2,1-2H3. The van der Waals surface area contributed by atoms with Crippen LogP contribution in [-0.2, 0) is 9.59 Å². The van der Waals surface area contributed by atoms with Gasteiger partial charge in [-0.3, -0.25) is 9.59 Å². The molecule has 1 unspecified atom stereocenters. The van der Waals surface area contributed by atoms with E-state index in [1.165, 1.54) is 10.5 Å². The van der Waals surface area contributed by atoms with Crippen molar-refractivity contribution < 1.29 is 9.59 Å². The molecule has 3 rings (SSSR count). The van der Waals surface area contributed by atoms with Gasteiger partial charge in [0.1, 0.15) is 6.04 Å². The van der Waals surface area contributed by atoms with Crippen LogP contribution in [0.25, 0.3) is 0 Å². The molecule has 1 aliphatic rings. The number of para-hydroxylation sites is 1. The predicted octanol–water partition coefficient (Wildman–Crippen LogP) is 3.81. The molecule has 118 valence electrons. The Morgan fingerprint density at radius 2 is 1.83 bits per heavy atom. The lowest BCUT2D eigenvalue weighted by molar-refractivity contribution is -0.121. The molecule has 23 heavy (non-hydrogen) atoms. The first-order valence-corrected chi connectivity index (χ1v) is 8.22. The van der Waals surface area contributed by atoms with Crippen LogP contribution in [0.5, 0.6) is 0 Å². The van der Waals surface area contributed by atoms with Gasteiger partial charge in [-0.15, -0.1) is 0 Å². The molecule has 0 spiro atoms. The normalized spacial score (nSPS) is 17.7. The van der Waals surface area contributed by atoms with E-state index in [1.54, 1.807) is 6.07 Å². The highest BCUT2D eigenvalue weighted by atomic mass is 79.9. The number of hydrogen-bond donors (Lipinski definition) is 1. The molecule has 0 radical (unpaired) electrons. The number of rotatable bonds is 3. The van der Waals surface area contributed by atoms with Crippen LogP contribution in [0.3, 0.4) is 0 Å². The number of imide groups is 1. The number of nitrogens with zero attached hydrogens (tertiary/aromatic N) is 1. The van der Waals surface area contributed by atoms with Gasteiger partial charge < -0.3 is 5.32 Å². The molecule has 2 amide bonds. The summed E-state index contributed by atoms with van der Waals surface area (Å²) in [6, 6.07) is 12.6. The third-order valence-corrected chi connectivity index (χ3v) is 4.76. The maximum absolute atomic E-state index is 12.6. The molecule has 2 aromatic rings. The third kappa shape index (κ3) is 3.01. The van der Waals surface area contributed by atoms with E-state index >= 15 is 0 Å². The number of hydrogen-bond acceptors (Lipinski definition) is 3. The number of anilines is 2. The number of benzene rings is 2. The molecule has 0 aliphatic carbocycles. The van der Waals surface area contributed by atoms with Gasteiger partial charge in [-0.2, -0.15) is 0 Å². The Kier molecular flexibility index (Phi) is 4.22. The zero-order valence-corrected chi connectivity index (χ0v) is 14.6. The van der Waals surface area contributed by atoms with Crippen LogP contribution in [0.1, 0.15) is 17.5 Å². The van der Waals surface area contributed by atoms with E-state index in [0.29, 0.717) is 5.69 Å². The Hall–Kier alpha value is -2.14. The largest absolute Gasteiger partial charge is 0.373 e. The lowest BCUT2D eigenvalue weighted by Crippen LogP contribution is -2.35. The Balaban J connectivity index is 1.84. The number of aryl methyl sites for hydroxylation is 2. The highest BCUT2D eigenvalue weighted by Crippen LogP contribution is 2.31. The van der Waals surface area contributed by atoms with E-state index in [-0.39, 0.29) is 18.2 Å². The molecular weight excluding hydrogens is 356 g/mol. The van der Waals surface area contributed by atoms with E-state index in [4.69, 9.17) is 0 Å². The van der Waals surface area contributed by atoms with Gasteiger partial charge >= 0.3 is 0 Å². The number of carbonyl (C=O) groups is 2. The summed E-state index contributed by atoms with van der Waals surface area (Å²) in [5.74, 6) is -0.414. The van der Waals surface area contributed by atoms with Crippen LogP contribution in [0, 0.1) is 13.8 Å². The fourth-order valence-corrected chi connectivity index (χ4v) is 3.13. The van der Waals surface area contributed by atoms with Crippen LogP contribution in [-0.4, -0.2) is 17.9 Å². The van der Waals surface area contributed by atoms with Gasteiger partial charge in [-0.05, 0) is 65.2 Å². The summed E-state index contributed by atoms with van der Waals surface area (Å²) in [5, 5.41) is 3.18. The van der Waals surface area contributed by atoms with Crippen molar-refractivity contribution in [2.75, 3.05) is 10.2 Å². The summed E-state index contributed by atoms with van der Waals surface area (Å²) in [5.41, 5.74) is 3.79. The van der Waals surface area contributed by atoms with Gasteiger partial charge in [0.15, 0.2) is 0 Å². The second-order valence-electron chi connectivity index (χ2n) is 5.72. The topological polar surface area (TPSA) is 49.4 Å². The molecular formula is C18H17BrN2O2. The Labute approximate surface area is 143 Å². The van der Waals surface area contributed by atoms with Crippen molar-refractivity contribution in [1.82, 2.24) is 0 Å². The average Bonchev–Trinajstić information content (AvgIpc) is 2.78. The minimum Gasteiger partial charge on any atom is -0.373 e. The molecule has 0 aromatic heterocycles. The molecule has 1 heterocycles. The molecule has 1 saturated heterocycles. The third-order valence-electron chi connectivity index (χ3n) is 4.09. The van der Waals surface area contributed by atoms with Crippen LogP contribution in [0.2, 0.25) is 0 Å². The van der Waals surface area contributed by atoms with Crippen LogP contribution in [0.4, 0.5) is 11.4 Å². The molecule has 0 saturated carbocycles. The Bertz CT molecular complexity index is 788. The fraction of sp³-hybridized carbons (Fsp3) is 0.222. The summed E-state index contributed by atoms with van der Waals surface area (Å²) in [4.78, 5) is 26.2. The van der Waals surface area contributed by atoms with Gasteiger partial charge in [0, 0.05) is 10.2 Å². The molecule has 1 atom stereocenters. The predicted molar refractivity (Wildman–Crippen MR) is 94.6 cm³/mol. The quantitative estimate of drug-likeness (QED) is 0.833. The minimum absolute atomic E-state index is 0.160. The minimum atomic E-state index is -0.531. The Morgan fingerprint density at radius 3 is 2.52 bits per heavy atom. The second-order valence-corrected chi connectivity index (χ2v) is 6.57. The fourth-order valence-electron chi connectivity index (χ4n) is 2.66. The zero-order chi connectivity index (χ0) is 16.6. The Morgan fingerprint density at radius 1 is 1.09 bits per heavy atom. The van der Waals surface area contributed by atoms with E-state index in [0.717, 1.165) is 15.7 Å². The lowest BCUT2D eigenvalue weighted by Gasteiger charge is -2.17. The molecule has 1 fully saturated rings. The van der Waals surface area contributed by atoms with Crippen LogP contribution >= 0.6 is 15.9 Å². The number of halogens is 1. The van der Waals surface area contributed by atoms with E-state index in [1.807, 2.05) is 50.2 Å². The summed E-state index contributed by atoms with van der Waals surface area (Å²) < 4.78 is 0.730. The molecule has 2 aromatic carbocycles. The van der Waals surface area contributed by atoms with Gasteiger partial charge in [-0.25, -0.2) is 4.90 Å². The average molecular weight is 373 g/mol. The van der Waals surface area contributed by atoms with Crippen molar-refractivity contribution in [3.63, 3.8) is 0 Å². The molecule has 5 heteroatoms. The molecule has 1 aliphatic heterocycles. The van der Waals surface area contributed by atoms with Crippen molar-refractivity contribution in [3.8, 4) is 0 Å². The molecule has 4 nitrogen and oxygen atoms in total. The van der Waals surface area contributed by atoms with Crippen LogP contribution < -0.4 is 10.2 Å². The first kappa shape index (κ1) is 15.7. The maximum Gasteiger partial charge on any atom is 0.256 e. The van der Waals surface area contributed by atoms with Gasteiger partial charge in [-0.1, -0.05) is 18.2 Å². The zero-order valence-electron chi connectivity index (χ0n) is 13.0. The SMILES string of the molecule is Cc1ccc(NC2CC(=O)N(c3ccccc3Br)C2=O)cc1C. The number of nitrogens with one attached hydrogen (secondary N) is 1. The van der Waals surface area contributed by atoms with Crippen molar-refractivity contribution in [3.05, 3.63) is 58.1 Å². The van der Waals surface area contributed by atoms with E-state index in [2.05, 4.69) is 21.2 Å². The van der Waals surface area contributed by atoms with Gasteiger partial charge in [0.2, 0.25) is 5.91 Å². The lowest BCUT2D eigenvalue weighted by atomic mass is 10.1. The van der Waals surface area contributed by atoms with Crippen LogP contribution in [0.15, 0.2) is 46.9 Å². The molecule has 1 N–H and O–H groups in total. The highest BCUT2D eigenvalue weighted by Gasteiger charge is 2.40. The first-order valence-electron chi connectivity index (χ1n) is 7.42. The van der Waals surface area contributed by atoms with E-state index < -0.39 is 6.04 Å².